The molecule has 4 aliphatic rings. The van der Waals surface area contributed by atoms with Gasteiger partial charge in [0.25, 0.3) is 0 Å². The number of phenols is 1. The molecule has 2 heterocycles. The van der Waals surface area contributed by atoms with Gasteiger partial charge in [-0.1, -0.05) is 6.42 Å². The van der Waals surface area contributed by atoms with Gasteiger partial charge in [0.2, 0.25) is 0 Å². The number of rotatable bonds is 3. The molecule has 0 spiro atoms. The predicted octanol–water partition coefficient (Wildman–Crippen LogP) is 3.11. The van der Waals surface area contributed by atoms with Gasteiger partial charge in [0.1, 0.15) is 11.5 Å². The molecule has 4 heteroatoms. The van der Waals surface area contributed by atoms with E-state index < -0.39 is 0 Å². The summed E-state index contributed by atoms with van der Waals surface area (Å²) in [5.74, 6) is 2.73. The number of fused-ring (bicyclic) bond motifs is 1. The molecule has 1 N–H and O–H groups in total. The minimum absolute atomic E-state index is 0.0681. The number of methoxy groups -OCH3 is 1. The van der Waals surface area contributed by atoms with Gasteiger partial charge in [0, 0.05) is 30.7 Å². The van der Waals surface area contributed by atoms with Gasteiger partial charge in [-0.25, -0.2) is 0 Å². The fourth-order valence-corrected chi connectivity index (χ4v) is 5.96. The Hall–Kier alpha value is -1.26. The zero-order valence-electron chi connectivity index (χ0n) is 15.2. The molecule has 3 atom stereocenters. The van der Waals surface area contributed by atoms with Crippen LogP contribution in [0.25, 0.3) is 0 Å². The lowest BCUT2D eigenvalue weighted by Gasteiger charge is -2.59. The first-order chi connectivity index (χ1) is 12.2. The Balaban J connectivity index is 1.57. The number of nitrogens with zero attached hydrogens (tertiary/aromatic N) is 1. The molecule has 2 bridgehead atoms. The normalized spacial score (nSPS) is 34.8. The number of hydrogen-bond acceptors (Lipinski definition) is 4. The second-order valence-corrected chi connectivity index (χ2v) is 8.59. The summed E-state index contributed by atoms with van der Waals surface area (Å²) in [6.45, 7) is 4.10. The van der Waals surface area contributed by atoms with E-state index in [2.05, 4.69) is 11.0 Å². The standard InChI is InChI=1S/C21H29NO3/c1-24-15-9-18-16(20(23)10-15)11-19-17-5-8-25-13-21(17,18)6-7-22(19)12-14-3-2-4-14/h9-10,14,17,19,23H,2-8,11-13H2,1H3/t17-,19+,21-/m0/s1. The van der Waals surface area contributed by atoms with Gasteiger partial charge >= 0.3 is 0 Å². The molecule has 1 saturated carbocycles. The van der Waals surface area contributed by atoms with Crippen molar-refractivity contribution in [3.8, 4) is 11.5 Å². The van der Waals surface area contributed by atoms with Crippen LogP contribution < -0.4 is 4.74 Å². The molecular formula is C21H29NO3. The summed E-state index contributed by atoms with van der Waals surface area (Å²) >= 11 is 0. The molecule has 0 aromatic heterocycles. The molecule has 2 saturated heterocycles. The molecular weight excluding hydrogens is 314 g/mol. The number of aromatic hydroxyl groups is 1. The third kappa shape index (κ3) is 2.33. The number of likely N-dealkylation sites (tertiary alicyclic amines) is 1. The van der Waals surface area contributed by atoms with Gasteiger partial charge in [0.15, 0.2) is 0 Å². The Morgan fingerprint density at radius 1 is 1.32 bits per heavy atom. The second-order valence-electron chi connectivity index (χ2n) is 8.59. The molecule has 0 radical (unpaired) electrons. The summed E-state index contributed by atoms with van der Waals surface area (Å²) in [4.78, 5) is 2.75. The molecule has 1 aromatic carbocycles. The Morgan fingerprint density at radius 3 is 2.96 bits per heavy atom. The molecule has 2 aliphatic heterocycles. The number of ether oxygens (including phenoxy) is 2. The predicted molar refractivity (Wildman–Crippen MR) is 96.3 cm³/mol. The van der Waals surface area contributed by atoms with E-state index in [-0.39, 0.29) is 5.41 Å². The van der Waals surface area contributed by atoms with Crippen molar-refractivity contribution in [2.45, 2.75) is 50.0 Å². The van der Waals surface area contributed by atoms with Crippen molar-refractivity contribution in [2.75, 3.05) is 33.4 Å². The highest BCUT2D eigenvalue weighted by Gasteiger charge is 2.55. The van der Waals surface area contributed by atoms with Gasteiger partial charge in [-0.2, -0.15) is 0 Å². The van der Waals surface area contributed by atoms with Crippen LogP contribution in [0.1, 0.15) is 43.2 Å². The van der Waals surface area contributed by atoms with Gasteiger partial charge in [-0.05, 0) is 67.7 Å². The fourth-order valence-electron chi connectivity index (χ4n) is 5.96. The molecule has 2 aliphatic carbocycles. The molecule has 3 fully saturated rings. The highest BCUT2D eigenvalue weighted by molar-refractivity contribution is 5.52. The summed E-state index contributed by atoms with van der Waals surface area (Å²) in [5.41, 5.74) is 2.51. The van der Waals surface area contributed by atoms with Crippen LogP contribution in [0.2, 0.25) is 0 Å². The van der Waals surface area contributed by atoms with Crippen LogP contribution in [0.3, 0.4) is 0 Å². The zero-order valence-corrected chi connectivity index (χ0v) is 15.2. The van der Waals surface area contributed by atoms with Crippen LogP contribution in [-0.2, 0) is 16.6 Å². The minimum atomic E-state index is 0.0681. The van der Waals surface area contributed by atoms with Crippen molar-refractivity contribution in [2.24, 2.45) is 11.8 Å². The van der Waals surface area contributed by atoms with E-state index in [0.29, 0.717) is 17.7 Å². The van der Waals surface area contributed by atoms with Crippen molar-refractivity contribution >= 4 is 0 Å². The van der Waals surface area contributed by atoms with Gasteiger partial charge < -0.3 is 14.6 Å². The SMILES string of the molecule is COc1cc(O)c2c(c1)[C@]13CCN(CC4CCC4)[C@H](C2)[C@@H]1CCOC3. The fraction of sp³-hybridized carbons (Fsp3) is 0.714. The first-order valence-electron chi connectivity index (χ1n) is 9.93. The van der Waals surface area contributed by atoms with Gasteiger partial charge in [-0.15, -0.1) is 0 Å². The highest BCUT2D eigenvalue weighted by atomic mass is 16.5. The third-order valence-electron chi connectivity index (χ3n) is 7.52. The van der Waals surface area contributed by atoms with Crippen LogP contribution in [-0.4, -0.2) is 49.5 Å². The number of piperidine rings is 1. The van der Waals surface area contributed by atoms with Gasteiger partial charge in [0.05, 0.1) is 13.7 Å². The van der Waals surface area contributed by atoms with Crippen molar-refractivity contribution in [3.05, 3.63) is 23.3 Å². The molecule has 4 nitrogen and oxygen atoms in total. The number of hydrogen-bond donors (Lipinski definition) is 1. The lowest BCUT2D eigenvalue weighted by atomic mass is 9.55. The van der Waals surface area contributed by atoms with Crippen molar-refractivity contribution < 1.29 is 14.6 Å². The van der Waals surface area contributed by atoms with Crippen molar-refractivity contribution in [1.29, 1.82) is 0 Å². The summed E-state index contributed by atoms with van der Waals surface area (Å²) in [5, 5.41) is 10.7. The first kappa shape index (κ1) is 16.0. The molecule has 0 unspecified atom stereocenters. The van der Waals surface area contributed by atoms with Crippen LogP contribution in [0.4, 0.5) is 0 Å². The first-order valence-corrected chi connectivity index (χ1v) is 9.93. The second kappa shape index (κ2) is 5.88. The lowest BCUT2D eigenvalue weighted by molar-refractivity contribution is -0.0882. The maximum atomic E-state index is 10.7. The van der Waals surface area contributed by atoms with E-state index in [1.165, 1.54) is 37.9 Å². The molecule has 25 heavy (non-hydrogen) atoms. The minimum Gasteiger partial charge on any atom is -0.508 e. The van der Waals surface area contributed by atoms with E-state index in [9.17, 15) is 5.11 Å². The monoisotopic (exact) mass is 343 g/mol. The van der Waals surface area contributed by atoms with Crippen LogP contribution >= 0.6 is 0 Å². The van der Waals surface area contributed by atoms with E-state index in [0.717, 1.165) is 49.7 Å². The average molecular weight is 343 g/mol. The summed E-state index contributed by atoms with van der Waals surface area (Å²) < 4.78 is 11.5. The van der Waals surface area contributed by atoms with E-state index in [1.807, 2.05) is 0 Å². The van der Waals surface area contributed by atoms with Crippen molar-refractivity contribution in [1.82, 2.24) is 4.90 Å². The smallest absolute Gasteiger partial charge is 0.122 e. The Kier molecular flexibility index (Phi) is 3.75. The summed E-state index contributed by atoms with van der Waals surface area (Å²) in [6.07, 6.45) is 7.48. The van der Waals surface area contributed by atoms with Crippen LogP contribution in [0, 0.1) is 11.8 Å². The summed E-state index contributed by atoms with van der Waals surface area (Å²) in [6, 6.07) is 4.52. The lowest BCUT2D eigenvalue weighted by Crippen LogP contribution is -2.63. The number of phenolic OH excluding ortho intramolecular Hbond substituents is 1. The molecule has 0 amide bonds. The highest BCUT2D eigenvalue weighted by Crippen LogP contribution is 2.54. The third-order valence-corrected chi connectivity index (χ3v) is 7.52. The summed E-state index contributed by atoms with van der Waals surface area (Å²) in [7, 11) is 1.68. The number of benzene rings is 1. The molecule has 5 rings (SSSR count). The average Bonchev–Trinajstić information content (AvgIpc) is 2.60. The Labute approximate surface area is 150 Å². The molecule has 1 aromatic rings. The Morgan fingerprint density at radius 2 is 2.20 bits per heavy atom. The topological polar surface area (TPSA) is 41.9 Å². The van der Waals surface area contributed by atoms with E-state index in [1.54, 1.807) is 13.2 Å². The van der Waals surface area contributed by atoms with Crippen LogP contribution in [0.15, 0.2) is 12.1 Å². The van der Waals surface area contributed by atoms with E-state index in [4.69, 9.17) is 9.47 Å². The van der Waals surface area contributed by atoms with E-state index >= 15 is 0 Å². The maximum Gasteiger partial charge on any atom is 0.122 e. The molecule has 136 valence electrons. The zero-order chi connectivity index (χ0) is 17.0. The maximum absolute atomic E-state index is 10.7. The largest absolute Gasteiger partial charge is 0.508 e. The van der Waals surface area contributed by atoms with Crippen molar-refractivity contribution in [3.63, 3.8) is 0 Å². The van der Waals surface area contributed by atoms with Crippen LogP contribution in [0.5, 0.6) is 11.5 Å². The van der Waals surface area contributed by atoms with Gasteiger partial charge in [-0.3, -0.25) is 4.90 Å². The Bertz CT molecular complexity index is 671. The quantitative estimate of drug-likeness (QED) is 0.916.